The largest absolute Gasteiger partial charge is 0.330 e. The molecule has 2 aromatic rings. The Labute approximate surface area is 100 Å². The van der Waals surface area contributed by atoms with Crippen molar-refractivity contribution in [3.8, 4) is 0 Å². The fraction of sp³-hybridized carbons (Fsp3) is 0.286. The van der Waals surface area contributed by atoms with Crippen molar-refractivity contribution in [1.82, 2.24) is 0 Å². The average Bonchev–Trinajstić information content (AvgIpc) is 3.10. The second-order valence-corrected chi connectivity index (χ2v) is 5.04. The number of hydrogen-bond donors (Lipinski definition) is 1. The third-order valence-corrected chi connectivity index (χ3v) is 3.98. The molecular formula is C14H14ClN. The van der Waals surface area contributed by atoms with Crippen molar-refractivity contribution in [3.05, 3.63) is 47.0 Å². The van der Waals surface area contributed by atoms with Gasteiger partial charge in [-0.05, 0) is 29.9 Å². The summed E-state index contributed by atoms with van der Waals surface area (Å²) in [5.74, 6) is 0. The van der Waals surface area contributed by atoms with Gasteiger partial charge in [0.2, 0.25) is 0 Å². The van der Waals surface area contributed by atoms with Gasteiger partial charge in [-0.1, -0.05) is 41.9 Å². The van der Waals surface area contributed by atoms with Crippen LogP contribution < -0.4 is 5.73 Å². The highest BCUT2D eigenvalue weighted by Gasteiger charge is 2.43. The summed E-state index contributed by atoms with van der Waals surface area (Å²) >= 11 is 6.31. The van der Waals surface area contributed by atoms with E-state index in [1.807, 2.05) is 12.1 Å². The predicted octanol–water partition coefficient (Wildman–Crippen LogP) is 3.48. The highest BCUT2D eigenvalue weighted by atomic mass is 35.5. The lowest BCUT2D eigenvalue weighted by Gasteiger charge is -2.16. The first-order valence-corrected chi connectivity index (χ1v) is 6.02. The minimum absolute atomic E-state index is 0.199. The van der Waals surface area contributed by atoms with E-state index in [1.165, 1.54) is 29.2 Å². The van der Waals surface area contributed by atoms with Gasteiger partial charge in [-0.3, -0.25) is 0 Å². The number of benzene rings is 2. The molecule has 82 valence electrons. The molecule has 16 heavy (non-hydrogen) atoms. The van der Waals surface area contributed by atoms with Crippen molar-refractivity contribution in [1.29, 1.82) is 0 Å². The Bertz CT molecular complexity index is 538. The smallest absolute Gasteiger partial charge is 0.0487 e. The SMILES string of the molecule is NCC1(c2cccc3cccc(Cl)c23)CC1. The molecule has 3 rings (SSSR count). The Hall–Kier alpha value is -1.05. The van der Waals surface area contributed by atoms with Gasteiger partial charge in [-0.2, -0.15) is 0 Å². The first kappa shape index (κ1) is 10.1. The van der Waals surface area contributed by atoms with Gasteiger partial charge in [0.15, 0.2) is 0 Å². The Morgan fingerprint density at radius 3 is 2.44 bits per heavy atom. The molecule has 1 aliphatic rings. The van der Waals surface area contributed by atoms with Crippen LogP contribution in [0.4, 0.5) is 0 Å². The van der Waals surface area contributed by atoms with Crippen LogP contribution in [-0.4, -0.2) is 6.54 Å². The maximum Gasteiger partial charge on any atom is 0.0487 e. The van der Waals surface area contributed by atoms with Gasteiger partial charge < -0.3 is 5.73 Å². The van der Waals surface area contributed by atoms with E-state index < -0.39 is 0 Å². The van der Waals surface area contributed by atoms with Crippen LogP contribution in [0.15, 0.2) is 36.4 Å². The van der Waals surface area contributed by atoms with Gasteiger partial charge in [-0.15, -0.1) is 0 Å². The third kappa shape index (κ3) is 1.35. The van der Waals surface area contributed by atoms with E-state index in [0.717, 1.165) is 11.6 Å². The van der Waals surface area contributed by atoms with Crippen molar-refractivity contribution in [3.63, 3.8) is 0 Å². The summed E-state index contributed by atoms with van der Waals surface area (Å²) in [4.78, 5) is 0. The molecular weight excluding hydrogens is 218 g/mol. The van der Waals surface area contributed by atoms with Crippen LogP contribution >= 0.6 is 11.6 Å². The van der Waals surface area contributed by atoms with Gasteiger partial charge >= 0.3 is 0 Å². The van der Waals surface area contributed by atoms with Crippen LogP contribution in [0.3, 0.4) is 0 Å². The monoisotopic (exact) mass is 231 g/mol. The zero-order valence-electron chi connectivity index (χ0n) is 9.04. The van der Waals surface area contributed by atoms with Crippen molar-refractivity contribution in [2.45, 2.75) is 18.3 Å². The fourth-order valence-corrected chi connectivity index (χ4v) is 2.76. The van der Waals surface area contributed by atoms with E-state index in [2.05, 4.69) is 24.3 Å². The molecule has 2 aromatic carbocycles. The highest BCUT2D eigenvalue weighted by Crippen LogP contribution is 2.50. The van der Waals surface area contributed by atoms with Gasteiger partial charge in [0.1, 0.15) is 0 Å². The topological polar surface area (TPSA) is 26.0 Å². The summed E-state index contributed by atoms with van der Waals surface area (Å²) in [5, 5.41) is 3.24. The Kier molecular flexibility index (Phi) is 2.20. The Morgan fingerprint density at radius 1 is 1.12 bits per heavy atom. The van der Waals surface area contributed by atoms with Gasteiger partial charge in [0, 0.05) is 22.4 Å². The lowest BCUT2D eigenvalue weighted by atomic mass is 9.91. The number of nitrogens with two attached hydrogens (primary N) is 1. The first-order chi connectivity index (χ1) is 7.77. The summed E-state index contributed by atoms with van der Waals surface area (Å²) in [6, 6.07) is 12.4. The van der Waals surface area contributed by atoms with Gasteiger partial charge in [-0.25, -0.2) is 0 Å². The van der Waals surface area contributed by atoms with E-state index in [0.29, 0.717) is 0 Å². The Balaban J connectivity index is 2.33. The second-order valence-electron chi connectivity index (χ2n) is 4.63. The standard InChI is InChI=1S/C14H14ClN/c15-12-6-2-4-10-3-1-5-11(13(10)12)14(9-16)7-8-14/h1-6H,7-9,16H2. The van der Waals surface area contributed by atoms with E-state index in [9.17, 15) is 0 Å². The average molecular weight is 232 g/mol. The highest BCUT2D eigenvalue weighted by molar-refractivity contribution is 6.35. The van der Waals surface area contributed by atoms with E-state index >= 15 is 0 Å². The maximum atomic E-state index is 6.31. The summed E-state index contributed by atoms with van der Waals surface area (Å²) < 4.78 is 0. The van der Waals surface area contributed by atoms with Crippen molar-refractivity contribution in [2.24, 2.45) is 5.73 Å². The van der Waals surface area contributed by atoms with Crippen molar-refractivity contribution >= 4 is 22.4 Å². The van der Waals surface area contributed by atoms with Crippen LogP contribution in [0.5, 0.6) is 0 Å². The van der Waals surface area contributed by atoms with E-state index in [-0.39, 0.29) is 5.41 Å². The number of halogens is 1. The van der Waals surface area contributed by atoms with E-state index in [1.54, 1.807) is 0 Å². The fourth-order valence-electron chi connectivity index (χ4n) is 2.47. The molecule has 0 radical (unpaired) electrons. The van der Waals surface area contributed by atoms with Crippen molar-refractivity contribution < 1.29 is 0 Å². The molecule has 0 spiro atoms. The summed E-state index contributed by atoms with van der Waals surface area (Å²) in [5.41, 5.74) is 7.43. The molecule has 1 aliphatic carbocycles. The maximum absolute atomic E-state index is 6.31. The van der Waals surface area contributed by atoms with Crippen LogP contribution in [0.2, 0.25) is 5.02 Å². The lowest BCUT2D eigenvalue weighted by Crippen LogP contribution is -2.19. The first-order valence-electron chi connectivity index (χ1n) is 5.65. The zero-order chi connectivity index (χ0) is 11.2. The minimum Gasteiger partial charge on any atom is -0.330 e. The molecule has 0 amide bonds. The molecule has 0 aliphatic heterocycles. The van der Waals surface area contributed by atoms with Gasteiger partial charge in [0.25, 0.3) is 0 Å². The second kappa shape index (κ2) is 3.47. The lowest BCUT2D eigenvalue weighted by molar-refractivity contribution is 0.711. The molecule has 0 unspecified atom stereocenters. The summed E-state index contributed by atoms with van der Waals surface area (Å²) in [6.07, 6.45) is 2.38. The number of fused-ring (bicyclic) bond motifs is 1. The molecule has 1 saturated carbocycles. The molecule has 0 atom stereocenters. The molecule has 2 heteroatoms. The van der Waals surface area contributed by atoms with Crippen LogP contribution in [0.1, 0.15) is 18.4 Å². The summed E-state index contributed by atoms with van der Waals surface area (Å²) in [7, 11) is 0. The molecule has 0 saturated heterocycles. The number of hydrogen-bond acceptors (Lipinski definition) is 1. The molecule has 2 N–H and O–H groups in total. The molecule has 1 nitrogen and oxygen atoms in total. The van der Waals surface area contributed by atoms with Crippen LogP contribution in [0.25, 0.3) is 10.8 Å². The summed E-state index contributed by atoms with van der Waals surface area (Å²) in [6.45, 7) is 0.720. The van der Waals surface area contributed by atoms with Crippen molar-refractivity contribution in [2.75, 3.05) is 6.54 Å². The molecule has 0 heterocycles. The normalized spacial score (nSPS) is 17.6. The third-order valence-electron chi connectivity index (χ3n) is 3.67. The predicted molar refractivity (Wildman–Crippen MR) is 68.9 cm³/mol. The zero-order valence-corrected chi connectivity index (χ0v) is 9.80. The van der Waals surface area contributed by atoms with Gasteiger partial charge in [0.05, 0.1) is 0 Å². The minimum atomic E-state index is 0.199. The molecule has 0 aromatic heterocycles. The quantitative estimate of drug-likeness (QED) is 0.842. The molecule has 1 fully saturated rings. The molecule has 0 bridgehead atoms. The van der Waals surface area contributed by atoms with Crippen LogP contribution in [0, 0.1) is 0 Å². The van der Waals surface area contributed by atoms with E-state index in [4.69, 9.17) is 17.3 Å². The Morgan fingerprint density at radius 2 is 1.81 bits per heavy atom. The van der Waals surface area contributed by atoms with Crippen LogP contribution in [-0.2, 0) is 5.41 Å². The number of rotatable bonds is 2.